The van der Waals surface area contributed by atoms with Gasteiger partial charge in [-0.05, 0) is 43.0 Å². The first-order chi connectivity index (χ1) is 13.4. The van der Waals surface area contributed by atoms with Gasteiger partial charge in [-0.15, -0.1) is 0 Å². The number of nitrogens with one attached hydrogen (secondary N) is 1. The highest BCUT2D eigenvalue weighted by molar-refractivity contribution is 5.88. The highest BCUT2D eigenvalue weighted by atomic mass is 19.1. The lowest BCUT2D eigenvalue weighted by molar-refractivity contribution is -0.141. The van der Waals surface area contributed by atoms with Crippen molar-refractivity contribution in [1.29, 1.82) is 0 Å². The summed E-state index contributed by atoms with van der Waals surface area (Å²) in [4.78, 5) is 27.6. The molecule has 0 aliphatic heterocycles. The predicted octanol–water partition coefficient (Wildman–Crippen LogP) is 4.09. The number of carbonyl (C=O) groups is 2. The molecule has 150 valence electrons. The van der Waals surface area contributed by atoms with E-state index in [1.807, 2.05) is 51.1 Å². The Morgan fingerprint density at radius 3 is 2.18 bits per heavy atom. The molecule has 0 aromatic heterocycles. The van der Waals surface area contributed by atoms with E-state index >= 15 is 0 Å². The molecule has 0 aliphatic carbocycles. The summed E-state index contributed by atoms with van der Waals surface area (Å²) in [6.07, 6.45) is 1.47. The molecule has 0 saturated heterocycles. The van der Waals surface area contributed by atoms with E-state index in [4.69, 9.17) is 0 Å². The summed E-state index contributed by atoms with van der Waals surface area (Å²) in [6, 6.07) is 15.0. The zero-order chi connectivity index (χ0) is 20.5. The molecule has 0 fully saturated rings. The Hall–Kier alpha value is -2.69. The van der Waals surface area contributed by atoms with Gasteiger partial charge in [0.1, 0.15) is 11.9 Å². The molecular weight excluding hydrogens is 355 g/mol. The second kappa shape index (κ2) is 10.6. The van der Waals surface area contributed by atoms with E-state index in [-0.39, 0.29) is 30.1 Å². The van der Waals surface area contributed by atoms with Crippen LogP contribution in [0.15, 0.2) is 54.6 Å². The third-order valence-corrected chi connectivity index (χ3v) is 4.85. The van der Waals surface area contributed by atoms with E-state index in [0.717, 1.165) is 17.5 Å². The summed E-state index contributed by atoms with van der Waals surface area (Å²) in [5, 5.41) is 2.99. The van der Waals surface area contributed by atoms with E-state index in [1.165, 1.54) is 12.1 Å². The first kappa shape index (κ1) is 21.6. The smallest absolute Gasteiger partial charge is 0.243 e. The molecule has 2 atom stereocenters. The van der Waals surface area contributed by atoms with Gasteiger partial charge in [-0.3, -0.25) is 9.59 Å². The summed E-state index contributed by atoms with van der Waals surface area (Å²) in [5.74, 6) is -0.626. The molecule has 2 aromatic carbocycles. The summed E-state index contributed by atoms with van der Waals surface area (Å²) in [6.45, 7) is 6.22. The summed E-state index contributed by atoms with van der Waals surface area (Å²) in [5.41, 5.74) is 1.69. The van der Waals surface area contributed by atoms with Crippen LogP contribution in [-0.4, -0.2) is 28.8 Å². The molecular formula is C23H29FN2O2. The molecule has 0 heterocycles. The van der Waals surface area contributed by atoms with Crippen molar-refractivity contribution < 1.29 is 14.0 Å². The van der Waals surface area contributed by atoms with Crippen molar-refractivity contribution in [3.05, 3.63) is 71.5 Å². The Bertz CT molecular complexity index is 762. The average Bonchev–Trinajstić information content (AvgIpc) is 2.70. The molecule has 0 unspecified atom stereocenters. The van der Waals surface area contributed by atoms with E-state index in [1.54, 1.807) is 17.0 Å². The first-order valence-electron chi connectivity index (χ1n) is 9.82. The first-order valence-corrected chi connectivity index (χ1v) is 9.82. The lowest BCUT2D eigenvalue weighted by atomic mass is 10.1. The number of amides is 2. The number of benzene rings is 2. The largest absolute Gasteiger partial charge is 0.352 e. The molecule has 2 amide bonds. The van der Waals surface area contributed by atoms with Gasteiger partial charge in [0, 0.05) is 12.6 Å². The normalized spacial score (nSPS) is 12.9. The van der Waals surface area contributed by atoms with Crippen LogP contribution in [0.5, 0.6) is 0 Å². The van der Waals surface area contributed by atoms with Crippen LogP contribution in [0.3, 0.4) is 0 Å². The molecule has 1 N–H and O–H groups in total. The summed E-state index contributed by atoms with van der Waals surface area (Å²) >= 11 is 0. The predicted molar refractivity (Wildman–Crippen MR) is 109 cm³/mol. The Morgan fingerprint density at radius 1 is 0.964 bits per heavy atom. The Kier molecular flexibility index (Phi) is 8.18. The topological polar surface area (TPSA) is 49.4 Å². The zero-order valence-electron chi connectivity index (χ0n) is 16.8. The summed E-state index contributed by atoms with van der Waals surface area (Å²) < 4.78 is 13.2. The molecule has 28 heavy (non-hydrogen) atoms. The van der Waals surface area contributed by atoms with Gasteiger partial charge in [0.05, 0.1) is 6.42 Å². The third-order valence-electron chi connectivity index (χ3n) is 4.85. The number of rotatable bonds is 9. The van der Waals surface area contributed by atoms with Gasteiger partial charge < -0.3 is 10.2 Å². The summed E-state index contributed by atoms with van der Waals surface area (Å²) in [7, 11) is 0. The number of nitrogens with zero attached hydrogens (tertiary/aromatic N) is 1. The quantitative estimate of drug-likeness (QED) is 0.708. The maximum absolute atomic E-state index is 13.2. The molecule has 0 bridgehead atoms. The van der Waals surface area contributed by atoms with Gasteiger partial charge in [-0.2, -0.15) is 0 Å². The maximum Gasteiger partial charge on any atom is 0.243 e. The molecule has 4 nitrogen and oxygen atoms in total. The standard InChI is InChI=1S/C23H29FN2O2/c1-4-17(3)25-23(28)21(5-2)26(16-19-9-7-6-8-10-19)22(27)15-18-11-13-20(24)14-12-18/h6-14,17,21H,4-5,15-16H2,1-3H3,(H,25,28)/t17-,21+/m0/s1. The van der Waals surface area contributed by atoms with Crippen LogP contribution in [0.25, 0.3) is 0 Å². The van der Waals surface area contributed by atoms with E-state index < -0.39 is 6.04 Å². The molecule has 0 aliphatic rings. The Labute approximate surface area is 166 Å². The Balaban J connectivity index is 2.24. The van der Waals surface area contributed by atoms with Crippen LogP contribution in [0.1, 0.15) is 44.7 Å². The molecule has 2 aromatic rings. The van der Waals surface area contributed by atoms with Gasteiger partial charge in [0.2, 0.25) is 11.8 Å². The highest BCUT2D eigenvalue weighted by Gasteiger charge is 2.29. The average molecular weight is 384 g/mol. The van der Waals surface area contributed by atoms with Crippen molar-refractivity contribution >= 4 is 11.8 Å². The van der Waals surface area contributed by atoms with Gasteiger partial charge in [0.25, 0.3) is 0 Å². The Morgan fingerprint density at radius 2 is 1.61 bits per heavy atom. The van der Waals surface area contributed by atoms with Crippen molar-refractivity contribution in [1.82, 2.24) is 10.2 Å². The fourth-order valence-electron chi connectivity index (χ4n) is 3.02. The highest BCUT2D eigenvalue weighted by Crippen LogP contribution is 2.15. The van der Waals surface area contributed by atoms with Gasteiger partial charge in [-0.1, -0.05) is 56.3 Å². The number of hydrogen-bond donors (Lipinski definition) is 1. The SMILES string of the molecule is CC[C@H](C(=O)N[C@@H](C)CC)N(Cc1ccccc1)C(=O)Cc1ccc(F)cc1. The fourth-order valence-corrected chi connectivity index (χ4v) is 3.02. The molecule has 2 rings (SSSR count). The fraction of sp³-hybridized carbons (Fsp3) is 0.391. The van der Waals surface area contributed by atoms with Crippen LogP contribution in [0, 0.1) is 5.82 Å². The number of halogens is 1. The van der Waals surface area contributed by atoms with Crippen LogP contribution in [0.2, 0.25) is 0 Å². The molecule has 0 spiro atoms. The lowest BCUT2D eigenvalue weighted by Crippen LogP contribution is -2.51. The van der Waals surface area contributed by atoms with Gasteiger partial charge in [0.15, 0.2) is 0 Å². The monoisotopic (exact) mass is 384 g/mol. The second-order valence-corrected chi connectivity index (χ2v) is 7.05. The van der Waals surface area contributed by atoms with Gasteiger partial charge >= 0.3 is 0 Å². The van der Waals surface area contributed by atoms with Crippen LogP contribution < -0.4 is 5.32 Å². The van der Waals surface area contributed by atoms with E-state index in [2.05, 4.69) is 5.32 Å². The van der Waals surface area contributed by atoms with Crippen molar-refractivity contribution in [2.75, 3.05) is 0 Å². The minimum Gasteiger partial charge on any atom is -0.352 e. The van der Waals surface area contributed by atoms with Crippen molar-refractivity contribution in [2.24, 2.45) is 0 Å². The zero-order valence-corrected chi connectivity index (χ0v) is 16.8. The van der Waals surface area contributed by atoms with Crippen LogP contribution >= 0.6 is 0 Å². The van der Waals surface area contributed by atoms with Gasteiger partial charge in [-0.25, -0.2) is 4.39 Å². The van der Waals surface area contributed by atoms with Crippen LogP contribution in [0.4, 0.5) is 4.39 Å². The van der Waals surface area contributed by atoms with Crippen molar-refractivity contribution in [3.8, 4) is 0 Å². The number of hydrogen-bond acceptors (Lipinski definition) is 2. The number of carbonyl (C=O) groups excluding carboxylic acids is 2. The lowest BCUT2D eigenvalue weighted by Gasteiger charge is -2.31. The van der Waals surface area contributed by atoms with Crippen LogP contribution in [-0.2, 0) is 22.6 Å². The molecule has 0 saturated carbocycles. The third kappa shape index (κ3) is 6.19. The molecule has 5 heteroatoms. The molecule has 0 radical (unpaired) electrons. The van der Waals surface area contributed by atoms with E-state index in [0.29, 0.717) is 13.0 Å². The minimum atomic E-state index is -0.554. The maximum atomic E-state index is 13.2. The minimum absolute atomic E-state index is 0.0484. The second-order valence-electron chi connectivity index (χ2n) is 7.05. The van der Waals surface area contributed by atoms with E-state index in [9.17, 15) is 14.0 Å². The van der Waals surface area contributed by atoms with Crippen molar-refractivity contribution in [2.45, 2.75) is 58.7 Å². The van der Waals surface area contributed by atoms with Crippen molar-refractivity contribution in [3.63, 3.8) is 0 Å².